The predicted octanol–water partition coefficient (Wildman–Crippen LogP) is 2.44. The van der Waals surface area contributed by atoms with Gasteiger partial charge >= 0.3 is 0 Å². The van der Waals surface area contributed by atoms with E-state index in [1.807, 2.05) is 41.3 Å². The predicted molar refractivity (Wildman–Crippen MR) is 140 cm³/mol. The van der Waals surface area contributed by atoms with Gasteiger partial charge in [-0.25, -0.2) is 0 Å². The number of piperazine rings is 1. The largest absolute Gasteiger partial charge is 0.508 e. The highest BCUT2D eigenvalue weighted by atomic mass is 16.5. The Morgan fingerprint density at radius 3 is 2.44 bits per heavy atom. The van der Waals surface area contributed by atoms with Crippen molar-refractivity contribution >= 4 is 22.6 Å². The number of ether oxygens (including phenoxy) is 1. The third kappa shape index (κ3) is 6.74. The summed E-state index contributed by atoms with van der Waals surface area (Å²) >= 11 is 0. The van der Waals surface area contributed by atoms with Crippen LogP contribution >= 0.6 is 0 Å². The normalized spacial score (nSPS) is 14.4. The molecule has 190 valence electrons. The number of phenols is 1. The van der Waals surface area contributed by atoms with Gasteiger partial charge in [-0.15, -0.1) is 0 Å². The number of aromatic hydroxyl groups is 1. The Labute approximate surface area is 211 Å². The van der Waals surface area contributed by atoms with Gasteiger partial charge in [0.15, 0.2) is 0 Å². The number of fused-ring (bicyclic) bond motifs is 1. The lowest BCUT2D eigenvalue weighted by atomic mass is 10.0. The average molecular weight is 491 g/mol. The summed E-state index contributed by atoms with van der Waals surface area (Å²) in [6.45, 7) is 3.88. The number of carbonyl (C=O) groups excluding carboxylic acids is 2. The number of phenolic OH excluding ortho intramolecular Hbond substituents is 1. The number of carbonyl (C=O) groups is 2. The number of unbranched alkanes of at least 4 members (excludes halogenated alkanes) is 1. The third-order valence-corrected chi connectivity index (χ3v) is 6.34. The van der Waals surface area contributed by atoms with Gasteiger partial charge in [-0.3, -0.25) is 9.59 Å². The van der Waals surface area contributed by atoms with Gasteiger partial charge < -0.3 is 31.1 Å². The number of hydrogen-bond donors (Lipinski definition) is 4. The Morgan fingerprint density at radius 2 is 1.72 bits per heavy atom. The molecule has 1 aliphatic heterocycles. The lowest BCUT2D eigenvalue weighted by Crippen LogP contribution is -2.46. The number of nitrogens with zero attached hydrogens (tertiary/aromatic N) is 1. The van der Waals surface area contributed by atoms with E-state index in [0.717, 1.165) is 42.3 Å². The molecule has 0 aromatic heterocycles. The van der Waals surface area contributed by atoms with Crippen LogP contribution in [0.5, 0.6) is 11.5 Å². The van der Waals surface area contributed by atoms with Crippen LogP contribution in [0.25, 0.3) is 10.8 Å². The van der Waals surface area contributed by atoms with Gasteiger partial charge in [-0.05, 0) is 59.9 Å². The molecule has 0 saturated carbocycles. The molecule has 1 saturated heterocycles. The van der Waals surface area contributed by atoms with Gasteiger partial charge in [-0.1, -0.05) is 36.4 Å². The quantitative estimate of drug-likeness (QED) is 0.325. The number of hydrogen-bond acceptors (Lipinski definition) is 6. The molecule has 0 radical (unpaired) electrons. The number of benzene rings is 3. The number of nitrogens with one attached hydrogen (secondary N) is 2. The van der Waals surface area contributed by atoms with Crippen LogP contribution in [0.2, 0.25) is 0 Å². The Kier molecular flexibility index (Phi) is 8.76. The molecule has 1 unspecified atom stereocenters. The minimum Gasteiger partial charge on any atom is -0.508 e. The zero-order valence-electron chi connectivity index (χ0n) is 20.4. The first-order chi connectivity index (χ1) is 17.5. The Morgan fingerprint density at radius 1 is 1.03 bits per heavy atom. The molecule has 0 bridgehead atoms. The van der Waals surface area contributed by atoms with Crippen molar-refractivity contribution in [1.29, 1.82) is 0 Å². The molecular formula is C28H34N4O4. The van der Waals surface area contributed by atoms with Gasteiger partial charge in [0.25, 0.3) is 5.91 Å². The molecule has 36 heavy (non-hydrogen) atoms. The van der Waals surface area contributed by atoms with Gasteiger partial charge in [-0.2, -0.15) is 0 Å². The smallest absolute Gasteiger partial charge is 0.257 e. The summed E-state index contributed by atoms with van der Waals surface area (Å²) in [7, 11) is 0. The monoisotopic (exact) mass is 490 g/mol. The second-order valence-electron chi connectivity index (χ2n) is 9.06. The Bertz CT molecular complexity index is 1180. The molecule has 3 aromatic carbocycles. The van der Waals surface area contributed by atoms with Crippen LogP contribution in [-0.2, 0) is 11.2 Å². The maximum atomic E-state index is 13.2. The Hall–Kier alpha value is -3.62. The van der Waals surface area contributed by atoms with E-state index < -0.39 is 6.04 Å². The first-order valence-electron chi connectivity index (χ1n) is 12.5. The summed E-state index contributed by atoms with van der Waals surface area (Å²) in [6, 6.07) is 17.8. The fraction of sp³-hybridized carbons (Fsp3) is 0.357. The molecule has 2 amide bonds. The molecule has 1 atom stereocenters. The lowest BCUT2D eigenvalue weighted by Gasteiger charge is -2.28. The van der Waals surface area contributed by atoms with Crippen molar-refractivity contribution in [2.45, 2.75) is 25.3 Å². The summed E-state index contributed by atoms with van der Waals surface area (Å²) in [5.74, 6) is 0.565. The highest BCUT2D eigenvalue weighted by molar-refractivity contribution is 6.01. The second kappa shape index (κ2) is 12.4. The fourth-order valence-corrected chi connectivity index (χ4v) is 4.27. The number of rotatable bonds is 10. The van der Waals surface area contributed by atoms with Crippen LogP contribution < -0.4 is 21.1 Å². The maximum Gasteiger partial charge on any atom is 0.257 e. The van der Waals surface area contributed by atoms with E-state index >= 15 is 0 Å². The van der Waals surface area contributed by atoms with Crippen molar-refractivity contribution in [3.63, 3.8) is 0 Å². The summed E-state index contributed by atoms with van der Waals surface area (Å²) in [6.07, 6.45) is 1.86. The molecule has 3 aromatic rings. The first kappa shape index (κ1) is 25.5. The minimum atomic E-state index is -0.651. The average Bonchev–Trinajstić information content (AvgIpc) is 2.91. The minimum absolute atomic E-state index is 0.00728. The zero-order valence-corrected chi connectivity index (χ0v) is 20.4. The number of amides is 2. The molecule has 5 N–H and O–H groups in total. The Balaban J connectivity index is 1.27. The third-order valence-electron chi connectivity index (χ3n) is 6.34. The molecule has 1 aliphatic rings. The summed E-state index contributed by atoms with van der Waals surface area (Å²) in [5, 5.41) is 17.6. The molecule has 1 heterocycles. The van der Waals surface area contributed by atoms with E-state index in [9.17, 15) is 14.7 Å². The SMILES string of the molecule is NC(Cc1ccc(O)cc1)C(=O)NCCCCOc1cc2ccccc2cc1C(=O)N1CCNCC1. The van der Waals surface area contributed by atoms with Gasteiger partial charge in [0, 0.05) is 32.7 Å². The topological polar surface area (TPSA) is 117 Å². The van der Waals surface area contributed by atoms with E-state index in [1.54, 1.807) is 24.3 Å². The van der Waals surface area contributed by atoms with Crippen LogP contribution in [0.1, 0.15) is 28.8 Å². The molecule has 8 nitrogen and oxygen atoms in total. The van der Waals surface area contributed by atoms with E-state index in [-0.39, 0.29) is 17.6 Å². The summed E-state index contributed by atoms with van der Waals surface area (Å²) < 4.78 is 6.08. The molecule has 8 heteroatoms. The van der Waals surface area contributed by atoms with E-state index in [4.69, 9.17) is 10.5 Å². The first-order valence-corrected chi connectivity index (χ1v) is 12.5. The summed E-state index contributed by atoms with van der Waals surface area (Å²) in [5.41, 5.74) is 7.50. The standard InChI is InChI=1S/C28H34N4O4/c29-25(17-20-7-9-23(33)10-8-20)27(34)31-11-3-4-16-36-26-19-22-6-2-1-5-21(22)18-24(26)28(35)32-14-12-30-13-15-32/h1-2,5-10,18-19,25,30,33H,3-4,11-17,29H2,(H,31,34). The van der Waals surface area contributed by atoms with Crippen molar-refractivity contribution < 1.29 is 19.4 Å². The van der Waals surface area contributed by atoms with Crippen LogP contribution in [0.3, 0.4) is 0 Å². The molecule has 0 spiro atoms. The van der Waals surface area contributed by atoms with Crippen molar-refractivity contribution in [1.82, 2.24) is 15.5 Å². The van der Waals surface area contributed by atoms with Gasteiger partial charge in [0.1, 0.15) is 11.5 Å². The lowest BCUT2D eigenvalue weighted by molar-refractivity contribution is -0.122. The number of nitrogens with two attached hydrogens (primary N) is 1. The van der Waals surface area contributed by atoms with Crippen molar-refractivity contribution in [2.24, 2.45) is 5.73 Å². The van der Waals surface area contributed by atoms with Crippen LogP contribution in [0.15, 0.2) is 60.7 Å². The van der Waals surface area contributed by atoms with Crippen molar-refractivity contribution in [3.8, 4) is 11.5 Å². The molecule has 1 fully saturated rings. The zero-order chi connectivity index (χ0) is 25.3. The van der Waals surface area contributed by atoms with Crippen LogP contribution in [-0.4, -0.2) is 67.2 Å². The molecule has 0 aliphatic carbocycles. The highest BCUT2D eigenvalue weighted by Crippen LogP contribution is 2.28. The maximum absolute atomic E-state index is 13.2. The molecular weight excluding hydrogens is 456 g/mol. The van der Waals surface area contributed by atoms with E-state index in [0.29, 0.717) is 44.0 Å². The fourth-order valence-electron chi connectivity index (χ4n) is 4.27. The van der Waals surface area contributed by atoms with Crippen molar-refractivity contribution in [2.75, 3.05) is 39.3 Å². The van der Waals surface area contributed by atoms with Gasteiger partial charge in [0.05, 0.1) is 18.2 Å². The van der Waals surface area contributed by atoms with E-state index in [1.165, 1.54) is 0 Å². The highest BCUT2D eigenvalue weighted by Gasteiger charge is 2.22. The summed E-state index contributed by atoms with van der Waals surface area (Å²) in [4.78, 5) is 27.4. The van der Waals surface area contributed by atoms with E-state index in [2.05, 4.69) is 10.6 Å². The molecule has 4 rings (SSSR count). The second-order valence-corrected chi connectivity index (χ2v) is 9.06. The van der Waals surface area contributed by atoms with Crippen LogP contribution in [0.4, 0.5) is 0 Å². The van der Waals surface area contributed by atoms with Gasteiger partial charge in [0.2, 0.25) is 5.91 Å². The van der Waals surface area contributed by atoms with Crippen molar-refractivity contribution in [3.05, 3.63) is 71.8 Å². The van der Waals surface area contributed by atoms with Crippen LogP contribution in [0, 0.1) is 0 Å².